The summed E-state index contributed by atoms with van der Waals surface area (Å²) in [7, 11) is 0. The molecular formula is C20H19N3O. The Morgan fingerprint density at radius 1 is 0.750 bits per heavy atom. The molecule has 0 spiro atoms. The molecule has 4 heteroatoms. The molecule has 3 aromatic carbocycles. The Labute approximate surface area is 141 Å². The van der Waals surface area contributed by atoms with E-state index in [0.717, 1.165) is 16.8 Å². The van der Waals surface area contributed by atoms with Gasteiger partial charge >= 0.3 is 0 Å². The lowest BCUT2D eigenvalue weighted by atomic mass is 10.2. The SMILES string of the molecule is c1ccc(CON/C(=N\Nc2ccccc2)c2ccccc2)cc1. The van der Waals surface area contributed by atoms with Crippen LogP contribution in [0.3, 0.4) is 0 Å². The van der Waals surface area contributed by atoms with Crippen molar-refractivity contribution in [2.45, 2.75) is 6.61 Å². The van der Waals surface area contributed by atoms with Crippen LogP contribution in [0.2, 0.25) is 0 Å². The summed E-state index contributed by atoms with van der Waals surface area (Å²) in [5.74, 6) is 0.621. The Bertz CT molecular complexity index is 759. The minimum absolute atomic E-state index is 0.456. The average Bonchev–Trinajstić information content (AvgIpc) is 2.67. The lowest BCUT2D eigenvalue weighted by Gasteiger charge is -2.11. The zero-order chi connectivity index (χ0) is 16.5. The lowest BCUT2D eigenvalue weighted by molar-refractivity contribution is 0.0715. The van der Waals surface area contributed by atoms with Crippen molar-refractivity contribution < 1.29 is 4.84 Å². The number of hydrogen-bond acceptors (Lipinski definition) is 3. The van der Waals surface area contributed by atoms with E-state index in [1.54, 1.807) is 0 Å². The molecule has 0 saturated heterocycles. The maximum atomic E-state index is 5.60. The lowest BCUT2D eigenvalue weighted by Crippen LogP contribution is -2.25. The number of para-hydroxylation sites is 1. The van der Waals surface area contributed by atoms with Crippen molar-refractivity contribution in [1.29, 1.82) is 0 Å². The molecule has 0 saturated carbocycles. The summed E-state index contributed by atoms with van der Waals surface area (Å²) >= 11 is 0. The minimum Gasteiger partial charge on any atom is -0.276 e. The van der Waals surface area contributed by atoms with Gasteiger partial charge in [0, 0.05) is 5.56 Å². The molecule has 0 heterocycles. The quantitative estimate of drug-likeness (QED) is 0.407. The highest BCUT2D eigenvalue weighted by atomic mass is 16.6. The second-order valence-corrected chi connectivity index (χ2v) is 5.18. The molecule has 0 atom stereocenters. The molecule has 0 bridgehead atoms. The summed E-state index contributed by atoms with van der Waals surface area (Å²) in [6.45, 7) is 0.456. The van der Waals surface area contributed by atoms with Crippen LogP contribution in [0.25, 0.3) is 0 Å². The molecule has 0 aliphatic heterocycles. The van der Waals surface area contributed by atoms with Crippen molar-refractivity contribution in [2.75, 3.05) is 5.43 Å². The molecule has 120 valence electrons. The Morgan fingerprint density at radius 2 is 1.33 bits per heavy atom. The second-order valence-electron chi connectivity index (χ2n) is 5.18. The first-order valence-corrected chi connectivity index (χ1v) is 7.78. The number of amidine groups is 1. The summed E-state index contributed by atoms with van der Waals surface area (Å²) in [5, 5.41) is 4.43. The van der Waals surface area contributed by atoms with E-state index in [2.05, 4.69) is 16.0 Å². The molecule has 2 N–H and O–H groups in total. The van der Waals surface area contributed by atoms with E-state index in [4.69, 9.17) is 4.84 Å². The number of hydrazone groups is 1. The molecule has 0 aliphatic carbocycles. The van der Waals surface area contributed by atoms with Crippen molar-refractivity contribution in [1.82, 2.24) is 5.48 Å². The number of hydroxylamine groups is 1. The van der Waals surface area contributed by atoms with Crippen LogP contribution in [-0.2, 0) is 11.4 Å². The third-order valence-corrected chi connectivity index (χ3v) is 3.37. The summed E-state index contributed by atoms with van der Waals surface area (Å²) in [5.41, 5.74) is 8.92. The van der Waals surface area contributed by atoms with Crippen LogP contribution < -0.4 is 10.9 Å². The summed E-state index contributed by atoms with van der Waals surface area (Å²) in [4.78, 5) is 5.60. The summed E-state index contributed by atoms with van der Waals surface area (Å²) in [6, 6.07) is 29.6. The van der Waals surface area contributed by atoms with Gasteiger partial charge in [-0.25, -0.2) is 5.48 Å². The summed E-state index contributed by atoms with van der Waals surface area (Å²) < 4.78 is 0. The molecule has 0 unspecified atom stereocenters. The zero-order valence-electron chi connectivity index (χ0n) is 13.2. The van der Waals surface area contributed by atoms with Gasteiger partial charge in [-0.05, 0) is 17.7 Å². The van der Waals surface area contributed by atoms with E-state index in [9.17, 15) is 0 Å². The maximum absolute atomic E-state index is 5.60. The van der Waals surface area contributed by atoms with Gasteiger partial charge in [-0.3, -0.25) is 10.3 Å². The van der Waals surface area contributed by atoms with Gasteiger partial charge in [0.05, 0.1) is 12.3 Å². The standard InChI is InChI=1S/C20H19N3O/c1-4-10-17(11-5-1)16-24-23-20(18-12-6-2-7-13-18)22-21-19-14-8-3-9-15-19/h1-15,21H,16H2,(H,22,23). The first-order valence-electron chi connectivity index (χ1n) is 7.78. The van der Waals surface area contributed by atoms with Crippen LogP contribution in [0.5, 0.6) is 0 Å². The normalized spacial score (nSPS) is 11.1. The minimum atomic E-state index is 0.456. The Balaban J connectivity index is 1.68. The van der Waals surface area contributed by atoms with Gasteiger partial charge in [0.1, 0.15) is 0 Å². The van der Waals surface area contributed by atoms with Crippen LogP contribution in [0.4, 0.5) is 5.69 Å². The van der Waals surface area contributed by atoms with Crippen molar-refractivity contribution in [2.24, 2.45) is 5.10 Å². The van der Waals surface area contributed by atoms with E-state index >= 15 is 0 Å². The van der Waals surface area contributed by atoms with Gasteiger partial charge in [-0.1, -0.05) is 78.9 Å². The molecule has 0 aromatic heterocycles. The smallest absolute Gasteiger partial charge is 0.177 e. The molecule has 3 rings (SSSR count). The molecule has 0 amide bonds. The monoisotopic (exact) mass is 317 g/mol. The predicted molar refractivity (Wildman–Crippen MR) is 97.4 cm³/mol. The molecule has 0 radical (unpaired) electrons. The van der Waals surface area contributed by atoms with Crippen molar-refractivity contribution in [3.05, 3.63) is 102 Å². The number of hydrogen-bond donors (Lipinski definition) is 2. The van der Waals surface area contributed by atoms with Crippen molar-refractivity contribution in [3.8, 4) is 0 Å². The fourth-order valence-corrected chi connectivity index (χ4v) is 2.14. The molecule has 0 fully saturated rings. The van der Waals surface area contributed by atoms with Gasteiger partial charge in [0.25, 0.3) is 0 Å². The first kappa shape index (κ1) is 15.8. The second kappa shape index (κ2) is 8.50. The van der Waals surface area contributed by atoms with Gasteiger partial charge in [-0.2, -0.15) is 5.10 Å². The fourth-order valence-electron chi connectivity index (χ4n) is 2.14. The van der Waals surface area contributed by atoms with Crippen LogP contribution >= 0.6 is 0 Å². The zero-order valence-corrected chi connectivity index (χ0v) is 13.2. The molecule has 24 heavy (non-hydrogen) atoms. The van der Waals surface area contributed by atoms with Gasteiger partial charge in [-0.15, -0.1) is 0 Å². The van der Waals surface area contributed by atoms with Gasteiger partial charge in [0.2, 0.25) is 0 Å². The van der Waals surface area contributed by atoms with Crippen molar-refractivity contribution in [3.63, 3.8) is 0 Å². The maximum Gasteiger partial charge on any atom is 0.177 e. The third kappa shape index (κ3) is 4.69. The number of anilines is 1. The fraction of sp³-hybridized carbons (Fsp3) is 0.0500. The predicted octanol–water partition coefficient (Wildman–Crippen LogP) is 4.18. The average molecular weight is 317 g/mol. The largest absolute Gasteiger partial charge is 0.276 e. The molecular weight excluding hydrogens is 298 g/mol. The molecule has 3 aromatic rings. The molecule has 0 aliphatic rings. The van der Waals surface area contributed by atoms with E-state index in [1.807, 2.05) is 91.0 Å². The van der Waals surface area contributed by atoms with Crippen LogP contribution in [0.15, 0.2) is 96.1 Å². The van der Waals surface area contributed by atoms with Crippen LogP contribution in [0, 0.1) is 0 Å². The topological polar surface area (TPSA) is 45.6 Å². The van der Waals surface area contributed by atoms with E-state index < -0.39 is 0 Å². The Kier molecular flexibility index (Phi) is 5.59. The van der Waals surface area contributed by atoms with Gasteiger partial charge in [0.15, 0.2) is 5.84 Å². The van der Waals surface area contributed by atoms with Crippen LogP contribution in [-0.4, -0.2) is 5.84 Å². The van der Waals surface area contributed by atoms with Gasteiger partial charge < -0.3 is 0 Å². The number of benzene rings is 3. The van der Waals surface area contributed by atoms with Crippen molar-refractivity contribution >= 4 is 11.5 Å². The Morgan fingerprint density at radius 3 is 2.00 bits per heavy atom. The number of nitrogens with zero attached hydrogens (tertiary/aromatic N) is 1. The third-order valence-electron chi connectivity index (χ3n) is 3.37. The highest BCUT2D eigenvalue weighted by Gasteiger charge is 2.03. The number of nitrogens with one attached hydrogen (secondary N) is 2. The number of rotatable bonds is 6. The molecule has 4 nitrogen and oxygen atoms in total. The van der Waals surface area contributed by atoms with E-state index in [0.29, 0.717) is 12.4 Å². The highest BCUT2D eigenvalue weighted by Crippen LogP contribution is 2.07. The highest BCUT2D eigenvalue weighted by molar-refractivity contribution is 5.98. The van der Waals surface area contributed by atoms with E-state index in [-0.39, 0.29) is 0 Å². The summed E-state index contributed by atoms with van der Waals surface area (Å²) in [6.07, 6.45) is 0. The van der Waals surface area contributed by atoms with Crippen LogP contribution in [0.1, 0.15) is 11.1 Å². The first-order chi connectivity index (χ1) is 11.9. The Hall–Kier alpha value is -3.11. The van der Waals surface area contributed by atoms with E-state index in [1.165, 1.54) is 0 Å².